The number of carbonyl (C=O) groups is 1. The molecule has 0 aliphatic carbocycles. The van der Waals surface area contributed by atoms with E-state index in [2.05, 4.69) is 17.3 Å². The van der Waals surface area contributed by atoms with Crippen LogP contribution in [0.1, 0.15) is 19.8 Å². The summed E-state index contributed by atoms with van der Waals surface area (Å²) in [5, 5.41) is 3.53. The van der Waals surface area contributed by atoms with Crippen molar-refractivity contribution < 1.29 is 9.53 Å². The molecule has 1 heterocycles. The van der Waals surface area contributed by atoms with Crippen molar-refractivity contribution in [2.75, 3.05) is 27.2 Å². The van der Waals surface area contributed by atoms with Gasteiger partial charge >= 0.3 is 6.03 Å². The number of hydrogen-bond donors (Lipinski definition) is 1. The maximum atomic E-state index is 12.3. The zero-order chi connectivity index (χ0) is 16.1. The van der Waals surface area contributed by atoms with Crippen LogP contribution in [0.25, 0.3) is 0 Å². The Labute approximate surface area is 137 Å². The van der Waals surface area contributed by atoms with Crippen molar-refractivity contribution >= 4 is 17.6 Å². The van der Waals surface area contributed by atoms with Crippen LogP contribution in [0.15, 0.2) is 24.3 Å². The number of ether oxygens (including phenoxy) is 1. The van der Waals surface area contributed by atoms with Gasteiger partial charge < -0.3 is 19.9 Å². The zero-order valence-corrected chi connectivity index (χ0v) is 14.1. The number of halogens is 1. The van der Waals surface area contributed by atoms with Gasteiger partial charge in [0, 0.05) is 18.1 Å². The fourth-order valence-electron chi connectivity index (χ4n) is 2.57. The zero-order valence-electron chi connectivity index (χ0n) is 13.4. The smallest absolute Gasteiger partial charge is 0.320 e. The van der Waals surface area contributed by atoms with Crippen LogP contribution in [0.2, 0.25) is 5.02 Å². The van der Waals surface area contributed by atoms with Crippen molar-refractivity contribution in [1.29, 1.82) is 0 Å². The molecule has 6 heteroatoms. The van der Waals surface area contributed by atoms with Crippen molar-refractivity contribution in [2.45, 2.75) is 32.0 Å². The first kappa shape index (κ1) is 16.9. The standard InChI is InChI=1S/C16H24ClN3O2/c1-12(22-15-6-4-13(17)5-7-15)18-16(21)20(3)14-8-10-19(2)11-9-14/h4-7,12,14H,8-11H2,1-3H3,(H,18,21). The summed E-state index contributed by atoms with van der Waals surface area (Å²) in [6.45, 7) is 3.87. The van der Waals surface area contributed by atoms with Gasteiger partial charge in [-0.1, -0.05) is 11.6 Å². The molecule has 1 aliphatic heterocycles. The number of nitrogens with one attached hydrogen (secondary N) is 1. The van der Waals surface area contributed by atoms with Gasteiger partial charge in [-0.15, -0.1) is 0 Å². The number of nitrogens with zero attached hydrogens (tertiary/aromatic N) is 2. The molecule has 1 aromatic rings. The van der Waals surface area contributed by atoms with Crippen LogP contribution < -0.4 is 10.1 Å². The molecule has 0 spiro atoms. The summed E-state index contributed by atoms with van der Waals surface area (Å²) in [5.41, 5.74) is 0. The number of urea groups is 1. The lowest BCUT2D eigenvalue weighted by atomic mass is 10.0. The van der Waals surface area contributed by atoms with Gasteiger partial charge in [-0.25, -0.2) is 4.79 Å². The third-order valence-corrected chi connectivity index (χ3v) is 4.26. The second-order valence-electron chi connectivity index (χ2n) is 5.81. The number of rotatable bonds is 4. The molecule has 1 N–H and O–H groups in total. The Bertz CT molecular complexity index is 487. The van der Waals surface area contributed by atoms with E-state index < -0.39 is 6.23 Å². The molecule has 5 nitrogen and oxygen atoms in total. The Balaban J connectivity index is 1.81. The van der Waals surface area contributed by atoms with Gasteiger partial charge in [0.2, 0.25) is 0 Å². The van der Waals surface area contributed by atoms with Gasteiger partial charge in [-0.3, -0.25) is 0 Å². The fraction of sp³-hybridized carbons (Fsp3) is 0.562. The molecule has 0 saturated carbocycles. The number of amides is 2. The monoisotopic (exact) mass is 325 g/mol. The molecule has 1 aliphatic rings. The molecule has 2 amide bonds. The van der Waals surface area contributed by atoms with Gasteiger partial charge in [0.15, 0.2) is 6.23 Å². The number of piperidine rings is 1. The van der Waals surface area contributed by atoms with Gasteiger partial charge in [0.25, 0.3) is 0 Å². The van der Waals surface area contributed by atoms with E-state index in [-0.39, 0.29) is 6.03 Å². The van der Waals surface area contributed by atoms with Crippen molar-refractivity contribution in [1.82, 2.24) is 15.1 Å². The van der Waals surface area contributed by atoms with E-state index in [9.17, 15) is 4.79 Å². The maximum Gasteiger partial charge on any atom is 0.320 e. The highest BCUT2D eigenvalue weighted by Crippen LogP contribution is 2.17. The summed E-state index contributed by atoms with van der Waals surface area (Å²) in [4.78, 5) is 16.4. The predicted molar refractivity (Wildman–Crippen MR) is 88.4 cm³/mol. The van der Waals surface area contributed by atoms with Gasteiger partial charge in [-0.05, 0) is 64.2 Å². The van der Waals surface area contributed by atoms with Crippen LogP contribution in [0.5, 0.6) is 5.75 Å². The van der Waals surface area contributed by atoms with Gasteiger partial charge in [-0.2, -0.15) is 0 Å². The second kappa shape index (κ2) is 7.70. The Morgan fingerprint density at radius 3 is 2.55 bits per heavy atom. The lowest BCUT2D eigenvalue weighted by Crippen LogP contribution is -2.50. The highest BCUT2D eigenvalue weighted by atomic mass is 35.5. The maximum absolute atomic E-state index is 12.3. The summed E-state index contributed by atoms with van der Waals surface area (Å²) in [6, 6.07) is 7.28. The number of carbonyl (C=O) groups excluding carboxylic acids is 1. The van der Waals surface area contributed by atoms with Crippen LogP contribution in [0.3, 0.4) is 0 Å². The topological polar surface area (TPSA) is 44.8 Å². The van der Waals surface area contributed by atoms with E-state index in [4.69, 9.17) is 16.3 Å². The van der Waals surface area contributed by atoms with E-state index in [1.807, 2.05) is 14.0 Å². The highest BCUT2D eigenvalue weighted by molar-refractivity contribution is 6.30. The molecule has 1 aromatic carbocycles. The largest absolute Gasteiger partial charge is 0.471 e. The van der Waals surface area contributed by atoms with Crippen molar-refractivity contribution in [3.63, 3.8) is 0 Å². The molecule has 1 unspecified atom stereocenters. The van der Waals surface area contributed by atoms with Crippen LogP contribution in [0.4, 0.5) is 4.79 Å². The SMILES string of the molecule is CC(NC(=O)N(C)C1CCN(C)CC1)Oc1ccc(Cl)cc1. The first-order valence-electron chi connectivity index (χ1n) is 7.60. The quantitative estimate of drug-likeness (QED) is 0.866. The van der Waals surface area contributed by atoms with Crippen LogP contribution >= 0.6 is 11.6 Å². The molecule has 0 radical (unpaired) electrons. The average molecular weight is 326 g/mol. The molecular weight excluding hydrogens is 302 g/mol. The Hall–Kier alpha value is -1.46. The molecule has 122 valence electrons. The summed E-state index contributed by atoms with van der Waals surface area (Å²) in [6.07, 6.45) is 1.61. The Morgan fingerprint density at radius 2 is 1.95 bits per heavy atom. The van der Waals surface area contributed by atoms with Gasteiger partial charge in [0.05, 0.1) is 0 Å². The van der Waals surface area contributed by atoms with Crippen molar-refractivity contribution in [2.24, 2.45) is 0 Å². The number of benzene rings is 1. The predicted octanol–water partition coefficient (Wildman–Crippen LogP) is 2.80. The summed E-state index contributed by atoms with van der Waals surface area (Å²) in [7, 11) is 3.96. The second-order valence-corrected chi connectivity index (χ2v) is 6.25. The molecule has 1 saturated heterocycles. The molecule has 0 bridgehead atoms. The van der Waals surface area contributed by atoms with Crippen molar-refractivity contribution in [3.05, 3.63) is 29.3 Å². The highest BCUT2D eigenvalue weighted by Gasteiger charge is 2.24. The molecule has 2 rings (SSSR count). The lowest BCUT2D eigenvalue weighted by molar-refractivity contribution is 0.127. The minimum atomic E-state index is -0.401. The van der Waals surface area contributed by atoms with Crippen LogP contribution in [0, 0.1) is 0 Å². The van der Waals surface area contributed by atoms with Crippen LogP contribution in [-0.2, 0) is 0 Å². The Kier molecular flexibility index (Phi) is 5.91. The summed E-state index contributed by atoms with van der Waals surface area (Å²) in [5.74, 6) is 0.680. The molecule has 22 heavy (non-hydrogen) atoms. The third-order valence-electron chi connectivity index (χ3n) is 4.01. The molecular formula is C16H24ClN3O2. The minimum absolute atomic E-state index is 0.101. The lowest BCUT2D eigenvalue weighted by Gasteiger charge is -2.35. The molecule has 1 fully saturated rings. The first-order valence-corrected chi connectivity index (χ1v) is 7.97. The number of likely N-dealkylation sites (tertiary alicyclic amines) is 1. The average Bonchev–Trinajstić information content (AvgIpc) is 2.49. The van der Waals surface area contributed by atoms with E-state index in [1.54, 1.807) is 29.2 Å². The van der Waals surface area contributed by atoms with E-state index >= 15 is 0 Å². The van der Waals surface area contributed by atoms with E-state index in [0.29, 0.717) is 16.8 Å². The molecule has 1 atom stereocenters. The Morgan fingerprint density at radius 1 is 1.36 bits per heavy atom. The third kappa shape index (κ3) is 4.78. The minimum Gasteiger partial charge on any atom is -0.471 e. The van der Waals surface area contributed by atoms with Gasteiger partial charge in [0.1, 0.15) is 5.75 Å². The van der Waals surface area contributed by atoms with Crippen LogP contribution in [-0.4, -0.2) is 55.3 Å². The normalized spacial score (nSPS) is 17.8. The van der Waals surface area contributed by atoms with E-state index in [1.165, 1.54) is 0 Å². The van der Waals surface area contributed by atoms with E-state index in [0.717, 1.165) is 25.9 Å². The summed E-state index contributed by atoms with van der Waals surface area (Å²) < 4.78 is 5.67. The fourth-order valence-corrected chi connectivity index (χ4v) is 2.70. The molecule has 0 aromatic heterocycles. The van der Waals surface area contributed by atoms with Crippen molar-refractivity contribution in [3.8, 4) is 5.75 Å². The number of hydrogen-bond acceptors (Lipinski definition) is 3. The first-order chi connectivity index (χ1) is 10.5. The summed E-state index contributed by atoms with van der Waals surface area (Å²) >= 11 is 5.83.